The molecular weight excluding hydrogens is 689 g/mol. The number of nitrogens with zero attached hydrogens (tertiary/aromatic N) is 1. The third-order valence-corrected chi connectivity index (χ3v) is 11.8. The van der Waals surface area contributed by atoms with Gasteiger partial charge in [0.15, 0.2) is 0 Å². The van der Waals surface area contributed by atoms with Crippen LogP contribution in [0.5, 0.6) is 0 Å². The molecule has 1 aromatic heterocycles. The van der Waals surface area contributed by atoms with Gasteiger partial charge in [-0.1, -0.05) is 168 Å². The normalized spacial score (nSPS) is 16.9. The lowest BCUT2D eigenvalue weighted by molar-refractivity contribution is 0.660. The quantitative estimate of drug-likeness (QED) is 0.154. The Kier molecular flexibility index (Phi) is 10.5. The highest BCUT2D eigenvalue weighted by Gasteiger charge is 2.35. The van der Waals surface area contributed by atoms with Crippen LogP contribution in [0.2, 0.25) is 0 Å². The summed E-state index contributed by atoms with van der Waals surface area (Å²) in [6.07, 6.45) is 22.5. The van der Waals surface area contributed by atoms with E-state index >= 15 is 0 Å². The van der Waals surface area contributed by atoms with Crippen molar-refractivity contribution in [1.82, 2.24) is 4.57 Å². The number of nitrogens with one attached hydrogen (secondary N) is 1. The van der Waals surface area contributed by atoms with Gasteiger partial charge in [-0.2, -0.15) is 0 Å². The van der Waals surface area contributed by atoms with Gasteiger partial charge in [-0.3, -0.25) is 0 Å². The number of fused-ring (bicyclic) bond motifs is 6. The minimum absolute atomic E-state index is 0.0199. The highest BCUT2D eigenvalue weighted by Crippen LogP contribution is 2.49. The van der Waals surface area contributed by atoms with E-state index in [1.54, 1.807) is 0 Å². The number of aromatic nitrogens is 1. The lowest BCUT2D eigenvalue weighted by Crippen LogP contribution is -2.14. The molecule has 2 nitrogen and oxygen atoms in total. The first-order chi connectivity index (χ1) is 27.9. The maximum Gasteiger partial charge on any atom is 0.0541 e. The van der Waals surface area contributed by atoms with Crippen LogP contribution in [0.25, 0.3) is 44.2 Å². The maximum absolute atomic E-state index is 4.52. The van der Waals surface area contributed by atoms with Crippen LogP contribution in [0.4, 0.5) is 5.69 Å². The zero-order valence-corrected chi connectivity index (χ0v) is 33.7. The SMILES string of the molecule is C=C/C=C\C(=C)C1=C(Nc2ccc3c(c2)-c2ccccc2C3(C)C)C=CC(c2ccc3c(c2)c2ccccc2n3C2=CCC=C(c3ccccc3)C=C2)CC1.CC. The number of hydrogen-bond donors (Lipinski definition) is 1. The van der Waals surface area contributed by atoms with E-state index in [0.717, 1.165) is 36.2 Å². The van der Waals surface area contributed by atoms with E-state index in [1.807, 2.05) is 26.0 Å². The number of allylic oxidation sites excluding steroid dienone is 13. The first-order valence-electron chi connectivity index (χ1n) is 20.5. The van der Waals surface area contributed by atoms with Crippen LogP contribution in [0, 0.1) is 0 Å². The predicted molar refractivity (Wildman–Crippen MR) is 247 cm³/mol. The predicted octanol–water partition coefficient (Wildman–Crippen LogP) is 15.1. The molecule has 0 spiro atoms. The second-order valence-electron chi connectivity index (χ2n) is 15.4. The number of anilines is 1. The molecule has 0 saturated carbocycles. The molecule has 282 valence electrons. The minimum Gasteiger partial charge on any atom is -0.355 e. The molecule has 0 saturated heterocycles. The summed E-state index contributed by atoms with van der Waals surface area (Å²) in [6, 6.07) is 42.3. The van der Waals surface area contributed by atoms with Crippen LogP contribution in [0.15, 0.2) is 200 Å². The Morgan fingerprint density at radius 3 is 2.35 bits per heavy atom. The van der Waals surface area contributed by atoms with Gasteiger partial charge >= 0.3 is 0 Å². The van der Waals surface area contributed by atoms with Crippen molar-refractivity contribution in [2.75, 3.05) is 5.32 Å². The van der Waals surface area contributed by atoms with E-state index in [4.69, 9.17) is 0 Å². The molecule has 1 unspecified atom stereocenters. The Labute approximate surface area is 339 Å². The van der Waals surface area contributed by atoms with E-state index in [0.29, 0.717) is 0 Å². The van der Waals surface area contributed by atoms with Crippen LogP contribution in [0.1, 0.15) is 75.1 Å². The van der Waals surface area contributed by atoms with Gasteiger partial charge in [-0.05, 0) is 112 Å². The second kappa shape index (κ2) is 16.0. The van der Waals surface area contributed by atoms with E-state index < -0.39 is 0 Å². The van der Waals surface area contributed by atoms with Crippen LogP contribution in [0.3, 0.4) is 0 Å². The average molecular weight is 741 g/mol. The van der Waals surface area contributed by atoms with Crippen molar-refractivity contribution in [3.63, 3.8) is 0 Å². The van der Waals surface area contributed by atoms with E-state index in [2.05, 4.69) is 195 Å². The van der Waals surface area contributed by atoms with E-state index in [-0.39, 0.29) is 11.3 Å². The first kappa shape index (κ1) is 37.5. The average Bonchev–Trinajstić information content (AvgIpc) is 3.42. The van der Waals surface area contributed by atoms with Gasteiger partial charge in [0.25, 0.3) is 0 Å². The number of hydrogen-bond acceptors (Lipinski definition) is 1. The summed E-state index contributed by atoms with van der Waals surface area (Å²) in [5.41, 5.74) is 17.3. The van der Waals surface area contributed by atoms with Crippen LogP contribution in [-0.4, -0.2) is 4.57 Å². The van der Waals surface area contributed by atoms with Crippen molar-refractivity contribution >= 4 is 38.8 Å². The fraction of sp³-hybridized carbons (Fsp3) is 0.164. The van der Waals surface area contributed by atoms with Crippen molar-refractivity contribution in [3.05, 3.63) is 222 Å². The zero-order chi connectivity index (χ0) is 39.5. The van der Waals surface area contributed by atoms with Crippen molar-refractivity contribution in [1.29, 1.82) is 0 Å². The monoisotopic (exact) mass is 740 g/mol. The highest BCUT2D eigenvalue weighted by atomic mass is 15.0. The van der Waals surface area contributed by atoms with E-state index in [9.17, 15) is 0 Å². The maximum atomic E-state index is 4.52. The molecule has 57 heavy (non-hydrogen) atoms. The molecular formula is C55H52N2. The van der Waals surface area contributed by atoms with Crippen LogP contribution < -0.4 is 5.32 Å². The Balaban J connectivity index is 0.00000224. The van der Waals surface area contributed by atoms with Gasteiger partial charge in [-0.25, -0.2) is 0 Å². The topological polar surface area (TPSA) is 17.0 Å². The van der Waals surface area contributed by atoms with Crippen molar-refractivity contribution in [2.45, 2.75) is 58.3 Å². The molecule has 6 aromatic rings. The van der Waals surface area contributed by atoms with Gasteiger partial charge in [-0.15, -0.1) is 0 Å². The molecule has 9 rings (SSSR count). The van der Waals surface area contributed by atoms with Crippen molar-refractivity contribution in [3.8, 4) is 11.1 Å². The summed E-state index contributed by atoms with van der Waals surface area (Å²) < 4.78 is 2.43. The first-order valence-corrected chi connectivity index (χ1v) is 20.5. The van der Waals surface area contributed by atoms with Crippen LogP contribution >= 0.6 is 0 Å². The molecule has 3 aliphatic rings. The summed E-state index contributed by atoms with van der Waals surface area (Å²) in [5, 5.41) is 6.41. The molecule has 1 heterocycles. The van der Waals surface area contributed by atoms with Gasteiger partial charge in [0, 0.05) is 39.2 Å². The summed E-state index contributed by atoms with van der Waals surface area (Å²) in [5.74, 6) is 0.249. The fourth-order valence-corrected chi connectivity index (χ4v) is 8.94. The molecule has 1 N–H and O–H groups in total. The molecule has 1 atom stereocenters. The molecule has 2 heteroatoms. The molecule has 0 amide bonds. The summed E-state index contributed by atoms with van der Waals surface area (Å²) in [7, 11) is 0. The minimum atomic E-state index is -0.0199. The standard InChI is InChI=1S/C53H46N2.C2H6/c1-5-6-15-36(2)43-30-25-39(26-32-50(43)54-41-28-31-49-46(35-41)44-20-10-12-22-48(44)53(49,3)4)40-27-33-52-47(34-40)45-21-11-13-23-51(45)55(52)42-19-14-18-38(24-29-42)37-16-8-7-9-17-37;1-2/h5-13,15-24,26-29,31-35,39,54H,1-2,14,25,30H2,3-4H3;1-2H3/b15-6-;. The third-order valence-electron chi connectivity index (χ3n) is 11.8. The molecule has 0 aliphatic heterocycles. The number of benzene rings is 5. The Morgan fingerprint density at radius 1 is 0.754 bits per heavy atom. The highest BCUT2D eigenvalue weighted by molar-refractivity contribution is 6.10. The summed E-state index contributed by atoms with van der Waals surface area (Å²) in [6.45, 7) is 17.1. The molecule has 0 bridgehead atoms. The molecule has 0 fully saturated rings. The summed E-state index contributed by atoms with van der Waals surface area (Å²) in [4.78, 5) is 0. The Morgan fingerprint density at radius 2 is 1.51 bits per heavy atom. The molecule has 3 aliphatic carbocycles. The van der Waals surface area contributed by atoms with Gasteiger partial charge in [0.1, 0.15) is 0 Å². The smallest absolute Gasteiger partial charge is 0.0541 e. The van der Waals surface area contributed by atoms with Crippen molar-refractivity contribution < 1.29 is 0 Å². The van der Waals surface area contributed by atoms with Gasteiger partial charge < -0.3 is 9.88 Å². The number of para-hydroxylation sites is 1. The van der Waals surface area contributed by atoms with E-state index in [1.165, 1.54) is 72.0 Å². The lowest BCUT2D eigenvalue weighted by Gasteiger charge is -2.21. The third kappa shape index (κ3) is 7.02. The lowest BCUT2D eigenvalue weighted by atomic mass is 9.82. The fourth-order valence-electron chi connectivity index (χ4n) is 8.94. The summed E-state index contributed by atoms with van der Waals surface area (Å²) >= 11 is 0. The second-order valence-corrected chi connectivity index (χ2v) is 15.4. The zero-order valence-electron chi connectivity index (χ0n) is 33.7. The number of rotatable bonds is 8. The largest absolute Gasteiger partial charge is 0.355 e. The Hall–Kier alpha value is -6.38. The van der Waals surface area contributed by atoms with Crippen LogP contribution in [-0.2, 0) is 5.41 Å². The van der Waals surface area contributed by atoms with Gasteiger partial charge in [0.2, 0.25) is 0 Å². The molecule has 0 radical (unpaired) electrons. The Bertz CT molecular complexity index is 2700. The molecule has 5 aromatic carbocycles. The van der Waals surface area contributed by atoms with Gasteiger partial charge in [0.05, 0.1) is 11.0 Å². The van der Waals surface area contributed by atoms with Crippen molar-refractivity contribution in [2.24, 2.45) is 0 Å².